The van der Waals surface area contributed by atoms with Gasteiger partial charge in [-0.05, 0) is 19.4 Å². The van der Waals surface area contributed by atoms with Crippen LogP contribution in [0.1, 0.15) is 25.8 Å². The maximum Gasteiger partial charge on any atom is 0.516 e. The molecule has 1 aromatic carbocycles. The summed E-state index contributed by atoms with van der Waals surface area (Å²) in [5, 5.41) is 3.74. The average molecular weight is 324 g/mol. The number of alkyl halides is 3. The van der Waals surface area contributed by atoms with E-state index in [1.54, 1.807) is 6.07 Å². The topological polar surface area (TPSA) is 67.8 Å². The van der Waals surface area contributed by atoms with Gasteiger partial charge in [0.1, 0.15) is 6.61 Å². The van der Waals surface area contributed by atoms with E-state index in [-0.39, 0.29) is 17.0 Å². The first-order chi connectivity index (χ1) is 9.69. The van der Waals surface area contributed by atoms with Gasteiger partial charge < -0.3 is 4.84 Å². The number of sulfonamides is 1. The predicted molar refractivity (Wildman–Crippen MR) is 73.5 cm³/mol. The largest absolute Gasteiger partial charge is 0.516 e. The van der Waals surface area contributed by atoms with E-state index in [9.17, 15) is 21.6 Å². The third-order valence-electron chi connectivity index (χ3n) is 2.36. The number of rotatable bonds is 6. The van der Waals surface area contributed by atoms with Gasteiger partial charge in [0.25, 0.3) is 0 Å². The highest BCUT2D eigenvalue weighted by Crippen LogP contribution is 2.27. The molecule has 0 bridgehead atoms. The zero-order valence-corrected chi connectivity index (χ0v) is 12.3. The highest BCUT2D eigenvalue weighted by Gasteiger charge is 2.46. The molecule has 0 aliphatic carbocycles. The molecule has 1 rings (SSSR count). The number of para-hydroxylation sites is 1. The minimum Gasteiger partial charge on any atom is -0.396 e. The summed E-state index contributed by atoms with van der Waals surface area (Å²) in [5.74, 6) is 0. The number of halogens is 3. The normalized spacial score (nSPS) is 13.1. The first-order valence-corrected chi connectivity index (χ1v) is 7.52. The van der Waals surface area contributed by atoms with Gasteiger partial charge in [-0.2, -0.15) is 21.6 Å². The molecule has 118 valence electrons. The summed E-state index contributed by atoms with van der Waals surface area (Å²) >= 11 is 0. The van der Waals surface area contributed by atoms with Gasteiger partial charge in [-0.25, -0.2) is 0 Å². The van der Waals surface area contributed by atoms with Crippen molar-refractivity contribution < 1.29 is 26.4 Å². The van der Waals surface area contributed by atoms with Crippen LogP contribution < -0.4 is 4.72 Å². The molecule has 0 saturated heterocycles. The molecule has 0 atom stereocenters. The molecule has 0 fully saturated rings. The Hall–Kier alpha value is -1.77. The lowest BCUT2D eigenvalue weighted by molar-refractivity contribution is -0.0429. The van der Waals surface area contributed by atoms with Crippen molar-refractivity contribution in [2.24, 2.45) is 5.16 Å². The number of hydrogen-bond donors (Lipinski definition) is 1. The summed E-state index contributed by atoms with van der Waals surface area (Å²) in [6, 6.07) is 5.64. The van der Waals surface area contributed by atoms with Gasteiger partial charge in [-0.1, -0.05) is 30.3 Å². The Morgan fingerprint density at radius 3 is 2.52 bits per heavy atom. The van der Waals surface area contributed by atoms with Crippen LogP contribution in [-0.2, 0) is 14.9 Å². The zero-order valence-electron chi connectivity index (χ0n) is 11.4. The van der Waals surface area contributed by atoms with Crippen LogP contribution in [0.4, 0.5) is 18.9 Å². The smallest absolute Gasteiger partial charge is 0.396 e. The summed E-state index contributed by atoms with van der Waals surface area (Å²) in [4.78, 5) is 4.94. The monoisotopic (exact) mass is 324 g/mol. The van der Waals surface area contributed by atoms with Crippen LogP contribution in [0.5, 0.6) is 0 Å². The van der Waals surface area contributed by atoms with Crippen molar-refractivity contribution in [3.05, 3.63) is 29.8 Å². The fraction of sp³-hybridized carbons (Fsp3) is 0.417. The Bertz CT molecular complexity index is 612. The van der Waals surface area contributed by atoms with Crippen LogP contribution in [0.25, 0.3) is 0 Å². The molecule has 0 saturated carbocycles. The summed E-state index contributed by atoms with van der Waals surface area (Å²) in [5.41, 5.74) is -5.12. The van der Waals surface area contributed by atoms with Gasteiger partial charge >= 0.3 is 15.5 Å². The number of nitrogens with one attached hydrogen (secondary N) is 1. The predicted octanol–water partition coefficient (Wildman–Crippen LogP) is 3.10. The van der Waals surface area contributed by atoms with E-state index in [0.717, 1.165) is 6.42 Å². The van der Waals surface area contributed by atoms with E-state index in [0.29, 0.717) is 6.61 Å². The molecular weight excluding hydrogens is 309 g/mol. The van der Waals surface area contributed by atoms with E-state index in [4.69, 9.17) is 4.84 Å². The third-order valence-corrected chi connectivity index (χ3v) is 3.46. The summed E-state index contributed by atoms with van der Waals surface area (Å²) in [6.07, 6.45) is 0.721. The van der Waals surface area contributed by atoms with Gasteiger partial charge in [-0.3, -0.25) is 4.72 Å². The molecule has 5 nitrogen and oxygen atoms in total. The summed E-state index contributed by atoms with van der Waals surface area (Å²) in [7, 11) is -5.48. The van der Waals surface area contributed by atoms with Gasteiger partial charge in [0.15, 0.2) is 0 Å². The number of benzene rings is 1. The fourth-order valence-corrected chi connectivity index (χ4v) is 1.96. The Morgan fingerprint density at radius 2 is 1.95 bits per heavy atom. The van der Waals surface area contributed by atoms with E-state index in [1.807, 2.05) is 6.92 Å². The second kappa shape index (κ2) is 6.79. The third kappa shape index (κ3) is 4.62. The van der Waals surface area contributed by atoms with Crippen LogP contribution in [0.3, 0.4) is 0 Å². The number of hydrogen-bond acceptors (Lipinski definition) is 4. The average Bonchev–Trinajstić information content (AvgIpc) is 2.37. The molecule has 0 aliphatic heterocycles. The molecule has 0 amide bonds. The number of nitrogens with zero attached hydrogens (tertiary/aromatic N) is 1. The Morgan fingerprint density at radius 1 is 1.33 bits per heavy atom. The van der Waals surface area contributed by atoms with Crippen molar-refractivity contribution in [3.8, 4) is 0 Å². The van der Waals surface area contributed by atoms with Gasteiger partial charge in [-0.15, -0.1) is 0 Å². The maximum absolute atomic E-state index is 12.4. The fourth-order valence-electron chi connectivity index (χ4n) is 1.37. The lowest BCUT2D eigenvalue weighted by atomic mass is 10.1. The van der Waals surface area contributed by atoms with Gasteiger partial charge in [0.2, 0.25) is 0 Å². The molecule has 9 heteroatoms. The van der Waals surface area contributed by atoms with Crippen molar-refractivity contribution in [2.45, 2.75) is 25.8 Å². The van der Waals surface area contributed by atoms with Crippen LogP contribution in [0.15, 0.2) is 29.4 Å². The minimum absolute atomic E-state index is 0.210. The minimum atomic E-state index is -5.48. The van der Waals surface area contributed by atoms with Gasteiger partial charge in [0.05, 0.1) is 11.4 Å². The summed E-state index contributed by atoms with van der Waals surface area (Å²) in [6.45, 7) is 3.74. The molecule has 0 aliphatic rings. The van der Waals surface area contributed by atoms with Crippen LogP contribution in [0, 0.1) is 0 Å². The molecule has 0 unspecified atom stereocenters. The second-order valence-electron chi connectivity index (χ2n) is 4.11. The van der Waals surface area contributed by atoms with E-state index in [2.05, 4.69) is 5.16 Å². The highest BCUT2D eigenvalue weighted by molar-refractivity contribution is 7.93. The van der Waals surface area contributed by atoms with Crippen molar-refractivity contribution in [3.63, 3.8) is 0 Å². The first-order valence-electron chi connectivity index (χ1n) is 6.04. The van der Waals surface area contributed by atoms with Crippen LogP contribution >= 0.6 is 0 Å². The Balaban J connectivity index is 3.09. The lowest BCUT2D eigenvalue weighted by Crippen LogP contribution is -2.30. The van der Waals surface area contributed by atoms with E-state index in [1.165, 1.54) is 29.8 Å². The summed E-state index contributed by atoms with van der Waals surface area (Å²) < 4.78 is 61.0. The maximum atomic E-state index is 12.4. The molecule has 0 radical (unpaired) electrons. The molecular formula is C12H15F3N2O3S. The zero-order chi connectivity index (χ0) is 16.1. The van der Waals surface area contributed by atoms with Crippen molar-refractivity contribution in [1.82, 2.24) is 0 Å². The Labute approximate surface area is 120 Å². The molecule has 1 aromatic rings. The first kappa shape index (κ1) is 17.3. The molecule has 0 spiro atoms. The SMILES string of the molecule is CCCO/N=C(\C)c1ccccc1NS(=O)(=O)C(F)(F)F. The van der Waals surface area contributed by atoms with Crippen molar-refractivity contribution >= 4 is 21.4 Å². The van der Waals surface area contributed by atoms with Crippen LogP contribution in [0.2, 0.25) is 0 Å². The standard InChI is InChI=1S/C12H15F3N2O3S/c1-3-8-20-16-9(2)10-6-4-5-7-11(10)17-21(18,19)12(13,14)15/h4-7,17H,3,8H2,1-2H3/b16-9+. The van der Waals surface area contributed by atoms with Crippen molar-refractivity contribution in [1.29, 1.82) is 0 Å². The van der Waals surface area contributed by atoms with Crippen LogP contribution in [-0.4, -0.2) is 26.2 Å². The second-order valence-corrected chi connectivity index (χ2v) is 5.78. The highest BCUT2D eigenvalue weighted by atomic mass is 32.2. The molecule has 1 N–H and O–H groups in total. The quantitative estimate of drug-likeness (QED) is 0.497. The van der Waals surface area contributed by atoms with E-state index < -0.39 is 15.5 Å². The van der Waals surface area contributed by atoms with Crippen molar-refractivity contribution in [2.75, 3.05) is 11.3 Å². The molecule has 0 aromatic heterocycles. The number of oxime groups is 1. The lowest BCUT2D eigenvalue weighted by Gasteiger charge is -2.13. The molecule has 21 heavy (non-hydrogen) atoms. The van der Waals surface area contributed by atoms with Gasteiger partial charge in [0, 0.05) is 5.56 Å². The Kier molecular flexibility index (Phi) is 5.59. The van der Waals surface area contributed by atoms with E-state index >= 15 is 0 Å². The molecule has 0 heterocycles. The number of anilines is 1.